The van der Waals surface area contributed by atoms with Crippen LogP contribution < -0.4 is 20.9 Å². The number of thiocarbonyl (C=S) groups is 1. The minimum absolute atomic E-state index is 0.121. The summed E-state index contributed by atoms with van der Waals surface area (Å²) in [5.41, 5.74) is 6.20. The van der Waals surface area contributed by atoms with Crippen LogP contribution in [0.3, 0.4) is 0 Å². The number of hydrogen-bond donors (Lipinski definition) is 3. The molecule has 2 aromatic carbocycles. The van der Waals surface area contributed by atoms with Crippen molar-refractivity contribution in [1.82, 2.24) is 20.5 Å². The van der Waals surface area contributed by atoms with Crippen LogP contribution in [-0.4, -0.2) is 43.4 Å². The number of ether oxygens (including phenoxy) is 1. The molecule has 30 heavy (non-hydrogen) atoms. The number of nitrogens with one attached hydrogen (secondary N) is 3. The maximum Gasteiger partial charge on any atom is 0.256 e. The van der Waals surface area contributed by atoms with Gasteiger partial charge in [-0.3, -0.25) is 15.6 Å². The molecule has 2 aromatic rings. The molecule has 3 rings (SSSR count). The molecule has 0 radical (unpaired) electrons. The van der Waals surface area contributed by atoms with E-state index in [-0.39, 0.29) is 16.6 Å². The fourth-order valence-corrected chi connectivity index (χ4v) is 4.98. The van der Waals surface area contributed by atoms with Crippen molar-refractivity contribution in [2.24, 2.45) is 0 Å². The number of carbonyl (C=O) groups excluding carboxylic acids is 1. The van der Waals surface area contributed by atoms with Crippen molar-refractivity contribution < 1.29 is 17.9 Å². The summed E-state index contributed by atoms with van der Waals surface area (Å²) < 4.78 is 32.3. The van der Waals surface area contributed by atoms with Crippen LogP contribution in [0.2, 0.25) is 0 Å². The van der Waals surface area contributed by atoms with Gasteiger partial charge in [-0.1, -0.05) is 30.3 Å². The smallest absolute Gasteiger partial charge is 0.256 e. The summed E-state index contributed by atoms with van der Waals surface area (Å²) in [6, 6.07) is 15.0. The van der Waals surface area contributed by atoms with Crippen LogP contribution >= 0.6 is 12.2 Å². The van der Waals surface area contributed by atoms with Gasteiger partial charge in [0.2, 0.25) is 10.0 Å². The molecule has 1 saturated heterocycles. The lowest BCUT2D eigenvalue weighted by molar-refractivity contribution is -0.124. The highest BCUT2D eigenvalue weighted by Gasteiger charge is 2.39. The number of carbonyl (C=O) groups is 1. The van der Waals surface area contributed by atoms with E-state index < -0.39 is 22.0 Å². The highest BCUT2D eigenvalue weighted by molar-refractivity contribution is 7.89. The second-order valence-electron chi connectivity index (χ2n) is 6.73. The number of nitrogens with zero attached hydrogens (tertiary/aromatic N) is 1. The van der Waals surface area contributed by atoms with Gasteiger partial charge in [0.25, 0.3) is 5.91 Å². The van der Waals surface area contributed by atoms with E-state index in [0.29, 0.717) is 25.1 Å². The first kappa shape index (κ1) is 22.0. The van der Waals surface area contributed by atoms with Crippen LogP contribution in [0.25, 0.3) is 0 Å². The second kappa shape index (κ2) is 9.88. The Kier molecular flexibility index (Phi) is 7.24. The van der Waals surface area contributed by atoms with Gasteiger partial charge < -0.3 is 10.1 Å². The van der Waals surface area contributed by atoms with Gasteiger partial charge in [0, 0.05) is 13.1 Å². The molecule has 1 amide bonds. The molecule has 10 heteroatoms. The molecule has 0 bridgehead atoms. The van der Waals surface area contributed by atoms with Crippen LogP contribution in [0.15, 0.2) is 59.5 Å². The Morgan fingerprint density at radius 2 is 1.83 bits per heavy atom. The SMILES string of the molecule is COc1ccc(S(=O)(=O)N2CCCC2C(=O)NNC(=S)NCc2ccccc2)cc1. The molecule has 3 N–H and O–H groups in total. The number of hydrazine groups is 1. The van der Waals surface area contributed by atoms with Crippen LogP contribution in [0.1, 0.15) is 18.4 Å². The third-order valence-electron chi connectivity index (χ3n) is 4.77. The summed E-state index contributed by atoms with van der Waals surface area (Å²) >= 11 is 5.17. The van der Waals surface area contributed by atoms with E-state index in [2.05, 4.69) is 16.2 Å². The fraction of sp³-hybridized carbons (Fsp3) is 0.300. The van der Waals surface area contributed by atoms with Crippen LogP contribution in [-0.2, 0) is 21.4 Å². The van der Waals surface area contributed by atoms with Gasteiger partial charge in [-0.2, -0.15) is 4.31 Å². The van der Waals surface area contributed by atoms with E-state index in [9.17, 15) is 13.2 Å². The van der Waals surface area contributed by atoms with E-state index in [1.165, 1.54) is 23.5 Å². The van der Waals surface area contributed by atoms with Gasteiger partial charge in [0.15, 0.2) is 5.11 Å². The Hall–Kier alpha value is -2.69. The molecule has 0 saturated carbocycles. The largest absolute Gasteiger partial charge is 0.497 e. The maximum atomic E-state index is 13.0. The molecule has 1 aliphatic heterocycles. The number of sulfonamides is 1. The van der Waals surface area contributed by atoms with Crippen LogP contribution in [0, 0.1) is 0 Å². The Labute approximate surface area is 181 Å². The predicted octanol–water partition coefficient (Wildman–Crippen LogP) is 1.54. The summed E-state index contributed by atoms with van der Waals surface area (Å²) in [7, 11) is -2.29. The highest BCUT2D eigenvalue weighted by atomic mass is 32.2. The first-order chi connectivity index (χ1) is 14.4. The van der Waals surface area contributed by atoms with Crippen molar-refractivity contribution in [3.05, 3.63) is 60.2 Å². The predicted molar refractivity (Wildman–Crippen MR) is 117 cm³/mol. The van der Waals surface area contributed by atoms with E-state index >= 15 is 0 Å². The Balaban J connectivity index is 1.57. The summed E-state index contributed by atoms with van der Waals surface area (Å²) in [5.74, 6) is 0.110. The summed E-state index contributed by atoms with van der Waals surface area (Å²) in [6.45, 7) is 0.785. The van der Waals surface area contributed by atoms with Gasteiger partial charge in [-0.05, 0) is 54.9 Å². The molecule has 0 aromatic heterocycles. The zero-order valence-corrected chi connectivity index (χ0v) is 18.1. The van der Waals surface area contributed by atoms with Crippen LogP contribution in [0.5, 0.6) is 5.75 Å². The number of amides is 1. The fourth-order valence-electron chi connectivity index (χ4n) is 3.20. The molecule has 0 spiro atoms. The molecular weight excluding hydrogens is 424 g/mol. The standard InChI is InChI=1S/C20H24N4O4S2/c1-28-16-9-11-17(12-10-16)30(26,27)24-13-5-8-18(24)19(25)22-23-20(29)21-14-15-6-3-2-4-7-15/h2-4,6-7,9-12,18H,5,8,13-14H2,1H3,(H,22,25)(H2,21,23,29). The molecule has 1 fully saturated rings. The van der Waals surface area contributed by atoms with Crippen molar-refractivity contribution in [2.45, 2.75) is 30.3 Å². The van der Waals surface area contributed by atoms with Gasteiger partial charge in [-0.15, -0.1) is 0 Å². The molecular formula is C20H24N4O4S2. The zero-order chi connectivity index (χ0) is 21.6. The average molecular weight is 449 g/mol. The lowest BCUT2D eigenvalue weighted by Gasteiger charge is -2.24. The van der Waals surface area contributed by atoms with Crippen molar-refractivity contribution in [2.75, 3.05) is 13.7 Å². The van der Waals surface area contributed by atoms with E-state index in [1.54, 1.807) is 12.1 Å². The Morgan fingerprint density at radius 1 is 1.13 bits per heavy atom. The molecule has 160 valence electrons. The van der Waals surface area contributed by atoms with E-state index in [1.807, 2.05) is 30.3 Å². The zero-order valence-electron chi connectivity index (χ0n) is 16.5. The summed E-state index contributed by atoms with van der Waals surface area (Å²) in [5, 5.41) is 3.23. The Bertz CT molecular complexity index is 982. The third-order valence-corrected chi connectivity index (χ3v) is 6.94. The minimum atomic E-state index is -3.80. The second-order valence-corrected chi connectivity index (χ2v) is 9.03. The number of hydrogen-bond acceptors (Lipinski definition) is 5. The van der Waals surface area contributed by atoms with Crippen molar-refractivity contribution in [3.8, 4) is 5.75 Å². The molecule has 1 aliphatic rings. The monoisotopic (exact) mass is 448 g/mol. The van der Waals surface area contributed by atoms with Gasteiger partial charge in [0.05, 0.1) is 12.0 Å². The van der Waals surface area contributed by atoms with Crippen molar-refractivity contribution in [3.63, 3.8) is 0 Å². The van der Waals surface area contributed by atoms with Gasteiger partial charge in [-0.25, -0.2) is 8.42 Å². The lowest BCUT2D eigenvalue weighted by Crippen LogP contribution is -2.53. The molecule has 1 heterocycles. The number of methoxy groups -OCH3 is 1. The van der Waals surface area contributed by atoms with Gasteiger partial charge >= 0.3 is 0 Å². The first-order valence-corrected chi connectivity index (χ1v) is 11.3. The molecule has 0 aliphatic carbocycles. The quantitative estimate of drug-likeness (QED) is 0.455. The number of benzene rings is 2. The average Bonchev–Trinajstić information content (AvgIpc) is 3.28. The first-order valence-electron chi connectivity index (χ1n) is 9.45. The highest BCUT2D eigenvalue weighted by Crippen LogP contribution is 2.27. The number of rotatable bonds is 6. The maximum absolute atomic E-state index is 13.0. The third kappa shape index (κ3) is 5.26. The topological polar surface area (TPSA) is 99.8 Å². The minimum Gasteiger partial charge on any atom is -0.497 e. The van der Waals surface area contributed by atoms with Crippen LogP contribution in [0.4, 0.5) is 0 Å². The van der Waals surface area contributed by atoms with E-state index in [0.717, 1.165) is 5.56 Å². The van der Waals surface area contributed by atoms with Crippen molar-refractivity contribution >= 4 is 33.3 Å². The molecule has 8 nitrogen and oxygen atoms in total. The molecule has 1 atom stereocenters. The summed E-state index contributed by atoms with van der Waals surface area (Å²) in [6.07, 6.45) is 1.04. The molecule has 1 unspecified atom stereocenters. The van der Waals surface area contributed by atoms with E-state index in [4.69, 9.17) is 17.0 Å². The Morgan fingerprint density at radius 3 is 2.50 bits per heavy atom. The van der Waals surface area contributed by atoms with Gasteiger partial charge in [0.1, 0.15) is 11.8 Å². The normalized spacial score (nSPS) is 16.6. The van der Waals surface area contributed by atoms with Crippen molar-refractivity contribution in [1.29, 1.82) is 0 Å². The summed E-state index contributed by atoms with van der Waals surface area (Å²) in [4.78, 5) is 12.7. The lowest BCUT2D eigenvalue weighted by atomic mass is 10.2.